The minimum absolute atomic E-state index is 0.176. The zero-order valence-electron chi connectivity index (χ0n) is 16.5. The van der Waals surface area contributed by atoms with Gasteiger partial charge in [0, 0.05) is 25.0 Å². The Labute approximate surface area is 171 Å². The van der Waals surface area contributed by atoms with Gasteiger partial charge in [0.25, 0.3) is 0 Å². The van der Waals surface area contributed by atoms with Crippen molar-refractivity contribution in [3.05, 3.63) is 66.0 Å². The molecule has 1 amide bonds. The molecule has 0 aromatic heterocycles. The van der Waals surface area contributed by atoms with Gasteiger partial charge in [-0.1, -0.05) is 30.3 Å². The van der Waals surface area contributed by atoms with Crippen LogP contribution in [-0.4, -0.2) is 54.7 Å². The number of nitrogens with zero attached hydrogens (tertiary/aromatic N) is 2. The number of benzene rings is 2. The van der Waals surface area contributed by atoms with Crippen LogP contribution in [0.1, 0.15) is 18.4 Å². The number of halogens is 1. The van der Waals surface area contributed by atoms with Crippen molar-refractivity contribution in [1.82, 2.24) is 9.80 Å². The highest BCUT2D eigenvalue weighted by Crippen LogP contribution is 2.20. The van der Waals surface area contributed by atoms with Gasteiger partial charge in [-0.15, -0.1) is 11.8 Å². The molecule has 1 fully saturated rings. The third-order valence-corrected chi connectivity index (χ3v) is 6.40. The van der Waals surface area contributed by atoms with Gasteiger partial charge in [0.05, 0.1) is 5.75 Å². The van der Waals surface area contributed by atoms with Crippen molar-refractivity contribution < 1.29 is 9.18 Å². The van der Waals surface area contributed by atoms with Crippen LogP contribution in [0.3, 0.4) is 0 Å². The van der Waals surface area contributed by atoms with E-state index in [-0.39, 0.29) is 11.7 Å². The number of thioether (sulfide) groups is 1. The largest absolute Gasteiger partial charge is 0.345 e. The lowest BCUT2D eigenvalue weighted by Gasteiger charge is -2.34. The van der Waals surface area contributed by atoms with Gasteiger partial charge in [-0.25, -0.2) is 4.39 Å². The number of hydrogen-bond donors (Lipinski definition) is 0. The van der Waals surface area contributed by atoms with Crippen LogP contribution >= 0.6 is 11.8 Å². The number of carbonyl (C=O) groups is 1. The smallest absolute Gasteiger partial charge is 0.232 e. The molecule has 1 aliphatic heterocycles. The average molecular weight is 401 g/mol. The Balaban J connectivity index is 1.34. The van der Waals surface area contributed by atoms with Gasteiger partial charge in [-0.05, 0) is 68.1 Å². The van der Waals surface area contributed by atoms with Gasteiger partial charge in [-0.3, -0.25) is 4.79 Å². The zero-order valence-corrected chi connectivity index (χ0v) is 17.3. The molecule has 5 heteroatoms. The van der Waals surface area contributed by atoms with E-state index in [1.807, 2.05) is 54.4 Å². The fourth-order valence-electron chi connectivity index (χ4n) is 3.59. The minimum Gasteiger partial charge on any atom is -0.345 e. The van der Waals surface area contributed by atoms with Crippen LogP contribution in [0.5, 0.6) is 0 Å². The van der Waals surface area contributed by atoms with Crippen molar-refractivity contribution in [2.45, 2.75) is 24.2 Å². The first-order valence-electron chi connectivity index (χ1n) is 9.99. The lowest BCUT2D eigenvalue weighted by molar-refractivity contribution is -0.127. The average Bonchev–Trinajstić information content (AvgIpc) is 2.73. The van der Waals surface area contributed by atoms with Crippen LogP contribution in [0, 0.1) is 11.7 Å². The molecule has 0 radical (unpaired) electrons. The quantitative estimate of drug-likeness (QED) is 0.616. The molecule has 1 saturated heterocycles. The second kappa shape index (κ2) is 10.6. The number of likely N-dealkylation sites (tertiary alicyclic amines) is 1. The standard InChI is InChI=1S/C23H29FN2OS/c1-25(23(27)18-28-22-5-3-2-4-6-22)17-20-12-15-26(16-13-20)14-11-19-7-9-21(24)10-8-19/h2-10,20H,11-18H2,1H3. The van der Waals surface area contributed by atoms with E-state index in [2.05, 4.69) is 4.90 Å². The summed E-state index contributed by atoms with van der Waals surface area (Å²) in [6.45, 7) is 4.01. The summed E-state index contributed by atoms with van der Waals surface area (Å²) in [7, 11) is 1.93. The summed E-state index contributed by atoms with van der Waals surface area (Å²) in [4.78, 5) is 17.9. The van der Waals surface area contributed by atoms with E-state index in [9.17, 15) is 9.18 Å². The van der Waals surface area contributed by atoms with Crippen molar-refractivity contribution in [3.63, 3.8) is 0 Å². The molecule has 3 nitrogen and oxygen atoms in total. The van der Waals surface area contributed by atoms with Crippen molar-refractivity contribution in [2.24, 2.45) is 5.92 Å². The van der Waals surface area contributed by atoms with E-state index in [0.29, 0.717) is 11.7 Å². The Morgan fingerprint density at radius 1 is 1.11 bits per heavy atom. The van der Waals surface area contributed by atoms with Crippen molar-refractivity contribution >= 4 is 17.7 Å². The van der Waals surface area contributed by atoms with Gasteiger partial charge in [0.2, 0.25) is 5.91 Å². The van der Waals surface area contributed by atoms with Crippen LogP contribution in [-0.2, 0) is 11.2 Å². The van der Waals surface area contributed by atoms with E-state index in [1.165, 1.54) is 17.7 Å². The summed E-state index contributed by atoms with van der Waals surface area (Å²) in [5, 5.41) is 0. The van der Waals surface area contributed by atoms with E-state index in [1.54, 1.807) is 11.8 Å². The second-order valence-electron chi connectivity index (χ2n) is 7.54. The van der Waals surface area contributed by atoms with Gasteiger partial charge in [0.15, 0.2) is 0 Å². The van der Waals surface area contributed by atoms with Crippen LogP contribution < -0.4 is 0 Å². The number of hydrogen-bond acceptors (Lipinski definition) is 3. The highest BCUT2D eigenvalue weighted by atomic mass is 32.2. The van der Waals surface area contributed by atoms with E-state index < -0.39 is 0 Å². The minimum atomic E-state index is -0.176. The molecular weight excluding hydrogens is 371 g/mol. The monoisotopic (exact) mass is 400 g/mol. The predicted molar refractivity (Wildman–Crippen MR) is 114 cm³/mol. The zero-order chi connectivity index (χ0) is 19.8. The fourth-order valence-corrected chi connectivity index (χ4v) is 4.45. The highest BCUT2D eigenvalue weighted by Gasteiger charge is 2.22. The first kappa shape index (κ1) is 20.9. The topological polar surface area (TPSA) is 23.6 Å². The number of piperidine rings is 1. The Kier molecular flexibility index (Phi) is 7.92. The Bertz CT molecular complexity index is 730. The molecule has 1 heterocycles. The number of rotatable bonds is 8. The summed E-state index contributed by atoms with van der Waals surface area (Å²) in [5.41, 5.74) is 1.18. The summed E-state index contributed by atoms with van der Waals surface area (Å²) >= 11 is 1.60. The molecule has 150 valence electrons. The first-order chi connectivity index (χ1) is 13.6. The molecule has 0 unspecified atom stereocenters. The van der Waals surface area contributed by atoms with Crippen LogP contribution in [0.25, 0.3) is 0 Å². The van der Waals surface area contributed by atoms with E-state index in [0.717, 1.165) is 50.3 Å². The fraction of sp³-hybridized carbons (Fsp3) is 0.435. The van der Waals surface area contributed by atoms with E-state index >= 15 is 0 Å². The van der Waals surface area contributed by atoms with Gasteiger partial charge >= 0.3 is 0 Å². The van der Waals surface area contributed by atoms with Gasteiger partial charge < -0.3 is 9.80 Å². The van der Waals surface area contributed by atoms with Crippen LogP contribution in [0.2, 0.25) is 0 Å². The SMILES string of the molecule is CN(CC1CCN(CCc2ccc(F)cc2)CC1)C(=O)CSc1ccccc1. The summed E-state index contributed by atoms with van der Waals surface area (Å²) in [5.74, 6) is 1.10. The molecule has 2 aromatic rings. The Morgan fingerprint density at radius 2 is 1.79 bits per heavy atom. The first-order valence-corrected chi connectivity index (χ1v) is 11.0. The Hall–Kier alpha value is -1.85. The molecule has 0 spiro atoms. The number of amides is 1. The lowest BCUT2D eigenvalue weighted by Crippen LogP contribution is -2.40. The second-order valence-corrected chi connectivity index (χ2v) is 8.59. The maximum absolute atomic E-state index is 13.0. The predicted octanol–water partition coefficient (Wildman–Crippen LogP) is 4.33. The molecule has 1 aliphatic rings. The van der Waals surface area contributed by atoms with Crippen molar-refractivity contribution in [2.75, 3.05) is 39.0 Å². The molecule has 0 bridgehead atoms. The molecule has 0 aliphatic carbocycles. The summed E-state index contributed by atoms with van der Waals surface area (Å²) in [6, 6.07) is 16.9. The van der Waals surface area contributed by atoms with Crippen molar-refractivity contribution in [3.8, 4) is 0 Å². The molecular formula is C23H29FN2OS. The third kappa shape index (κ3) is 6.64. The van der Waals surface area contributed by atoms with Gasteiger partial charge in [-0.2, -0.15) is 0 Å². The molecule has 28 heavy (non-hydrogen) atoms. The lowest BCUT2D eigenvalue weighted by atomic mass is 9.96. The maximum atomic E-state index is 13.0. The molecule has 0 atom stereocenters. The molecule has 0 saturated carbocycles. The highest BCUT2D eigenvalue weighted by molar-refractivity contribution is 8.00. The summed E-state index contributed by atoms with van der Waals surface area (Å²) in [6.07, 6.45) is 3.22. The molecule has 0 N–H and O–H groups in total. The maximum Gasteiger partial charge on any atom is 0.232 e. The molecule has 3 rings (SSSR count). The van der Waals surface area contributed by atoms with E-state index in [4.69, 9.17) is 0 Å². The van der Waals surface area contributed by atoms with Gasteiger partial charge in [0.1, 0.15) is 5.82 Å². The van der Waals surface area contributed by atoms with Crippen LogP contribution in [0.15, 0.2) is 59.5 Å². The number of carbonyl (C=O) groups excluding carboxylic acids is 1. The summed E-state index contributed by atoms with van der Waals surface area (Å²) < 4.78 is 13.0. The Morgan fingerprint density at radius 3 is 2.46 bits per heavy atom. The molecule has 2 aromatic carbocycles. The van der Waals surface area contributed by atoms with Crippen molar-refractivity contribution in [1.29, 1.82) is 0 Å². The van der Waals surface area contributed by atoms with Crippen LogP contribution in [0.4, 0.5) is 4.39 Å². The third-order valence-electron chi connectivity index (χ3n) is 5.40. The normalized spacial score (nSPS) is 15.5.